The monoisotopic (exact) mass is 438 g/mol. The average molecular weight is 438 g/mol. The smallest absolute Gasteiger partial charge is 0.338 e. The van der Waals surface area contributed by atoms with Gasteiger partial charge in [-0.2, -0.15) is 0 Å². The van der Waals surface area contributed by atoms with E-state index in [9.17, 15) is 13.6 Å². The molecule has 0 saturated heterocycles. The molecule has 0 spiro atoms. The summed E-state index contributed by atoms with van der Waals surface area (Å²) in [6.07, 6.45) is 0. The molecule has 0 bridgehead atoms. The van der Waals surface area contributed by atoms with Crippen LogP contribution in [-0.2, 0) is 17.0 Å². The van der Waals surface area contributed by atoms with Gasteiger partial charge in [0.2, 0.25) is 0 Å². The minimum absolute atomic E-state index is 0.271. The Kier molecular flexibility index (Phi) is 6.32. The van der Waals surface area contributed by atoms with Crippen LogP contribution in [0.3, 0.4) is 0 Å². The first-order valence-corrected chi connectivity index (χ1v) is 10.8. The van der Waals surface area contributed by atoms with Crippen LogP contribution >= 0.6 is 11.8 Å². The summed E-state index contributed by atoms with van der Waals surface area (Å²) in [5.41, 5.74) is 3.19. The molecule has 0 radical (unpaired) electrons. The lowest BCUT2D eigenvalue weighted by atomic mass is 10.2. The normalized spacial score (nSPS) is 11.1. The number of hydrogen-bond acceptors (Lipinski definition) is 4. The summed E-state index contributed by atoms with van der Waals surface area (Å²) in [7, 11) is 0. The molecular formula is C24H20F2N2O2S. The standard InChI is InChI=1S/C24H20F2N2O2S/c1-2-30-23(29)17-10-11-22-21(13-17)27-24(31-15-18-7-3-4-9-20(18)26)28(22)14-16-6-5-8-19(25)12-16/h3-13H,2,14-15H2,1H3. The maximum Gasteiger partial charge on any atom is 0.338 e. The second-order valence-corrected chi connectivity index (χ2v) is 7.86. The molecule has 0 aliphatic heterocycles. The van der Waals surface area contributed by atoms with Crippen molar-refractivity contribution in [2.75, 3.05) is 6.61 Å². The zero-order valence-corrected chi connectivity index (χ0v) is 17.7. The number of fused-ring (bicyclic) bond motifs is 1. The third-order valence-electron chi connectivity index (χ3n) is 4.77. The van der Waals surface area contributed by atoms with E-state index in [1.165, 1.54) is 30.0 Å². The van der Waals surface area contributed by atoms with E-state index in [1.807, 2.05) is 10.6 Å². The minimum atomic E-state index is -0.412. The van der Waals surface area contributed by atoms with Crippen LogP contribution in [0.15, 0.2) is 71.9 Å². The van der Waals surface area contributed by atoms with Crippen LogP contribution in [0.4, 0.5) is 8.78 Å². The molecule has 1 aromatic heterocycles. The number of benzene rings is 3. The number of esters is 1. The first-order chi connectivity index (χ1) is 15.0. The Morgan fingerprint density at radius 2 is 1.90 bits per heavy atom. The highest BCUT2D eigenvalue weighted by Gasteiger charge is 2.16. The molecule has 31 heavy (non-hydrogen) atoms. The highest BCUT2D eigenvalue weighted by atomic mass is 32.2. The summed E-state index contributed by atoms with van der Waals surface area (Å²) < 4.78 is 34.8. The molecule has 0 N–H and O–H groups in total. The van der Waals surface area contributed by atoms with Gasteiger partial charge in [-0.15, -0.1) is 0 Å². The van der Waals surface area contributed by atoms with Crippen LogP contribution in [0.5, 0.6) is 0 Å². The zero-order valence-electron chi connectivity index (χ0n) is 16.8. The van der Waals surface area contributed by atoms with Crippen molar-refractivity contribution >= 4 is 28.8 Å². The Bertz CT molecular complexity index is 1240. The van der Waals surface area contributed by atoms with E-state index in [4.69, 9.17) is 4.74 Å². The maximum atomic E-state index is 14.1. The molecular weight excluding hydrogens is 418 g/mol. The van der Waals surface area contributed by atoms with Gasteiger partial charge in [-0.1, -0.05) is 42.1 Å². The van der Waals surface area contributed by atoms with Gasteiger partial charge in [0, 0.05) is 5.75 Å². The fourth-order valence-electron chi connectivity index (χ4n) is 3.29. The van der Waals surface area contributed by atoms with Gasteiger partial charge < -0.3 is 9.30 Å². The highest BCUT2D eigenvalue weighted by molar-refractivity contribution is 7.98. The summed E-state index contributed by atoms with van der Waals surface area (Å²) in [4.78, 5) is 16.8. The van der Waals surface area contributed by atoms with Gasteiger partial charge in [-0.25, -0.2) is 18.6 Å². The molecule has 0 fully saturated rings. The molecule has 0 saturated carbocycles. The molecule has 0 unspecified atom stereocenters. The van der Waals surface area contributed by atoms with E-state index in [-0.39, 0.29) is 18.2 Å². The predicted octanol–water partition coefficient (Wildman–Crippen LogP) is 5.83. The zero-order chi connectivity index (χ0) is 21.8. The van der Waals surface area contributed by atoms with Crippen molar-refractivity contribution in [3.05, 3.63) is 95.1 Å². The number of carbonyl (C=O) groups is 1. The lowest BCUT2D eigenvalue weighted by Crippen LogP contribution is -2.05. The molecule has 158 valence electrons. The van der Waals surface area contributed by atoms with Gasteiger partial charge in [0.05, 0.1) is 29.7 Å². The van der Waals surface area contributed by atoms with Crippen LogP contribution in [0.25, 0.3) is 11.0 Å². The van der Waals surface area contributed by atoms with Crippen LogP contribution in [0.1, 0.15) is 28.4 Å². The Morgan fingerprint density at radius 1 is 1.06 bits per heavy atom. The van der Waals surface area contributed by atoms with Crippen LogP contribution in [0.2, 0.25) is 0 Å². The van der Waals surface area contributed by atoms with Crippen molar-refractivity contribution in [1.82, 2.24) is 9.55 Å². The van der Waals surface area contributed by atoms with Gasteiger partial charge in [0.1, 0.15) is 11.6 Å². The Balaban J connectivity index is 1.72. The third-order valence-corrected chi connectivity index (χ3v) is 5.79. The number of thioether (sulfide) groups is 1. The molecule has 0 atom stereocenters. The molecule has 4 rings (SSSR count). The van der Waals surface area contributed by atoms with Crippen molar-refractivity contribution < 1.29 is 18.3 Å². The second-order valence-electron chi connectivity index (χ2n) is 6.91. The van der Waals surface area contributed by atoms with Gasteiger partial charge >= 0.3 is 5.97 Å². The number of imidazole rings is 1. The van der Waals surface area contributed by atoms with E-state index in [2.05, 4.69) is 4.98 Å². The van der Waals surface area contributed by atoms with Crippen LogP contribution in [0, 0.1) is 11.6 Å². The Morgan fingerprint density at radius 3 is 2.68 bits per heavy atom. The van der Waals surface area contributed by atoms with Gasteiger partial charge in [-0.05, 0) is 54.4 Å². The van der Waals surface area contributed by atoms with Crippen LogP contribution in [-0.4, -0.2) is 22.1 Å². The van der Waals surface area contributed by atoms with Gasteiger partial charge in [0.25, 0.3) is 0 Å². The van der Waals surface area contributed by atoms with Crippen molar-refractivity contribution in [2.24, 2.45) is 0 Å². The fourth-order valence-corrected chi connectivity index (χ4v) is 4.29. The number of nitrogens with zero attached hydrogens (tertiary/aromatic N) is 2. The first-order valence-electron chi connectivity index (χ1n) is 9.83. The number of ether oxygens (including phenoxy) is 1. The molecule has 1 heterocycles. The Hall–Kier alpha value is -3.19. The summed E-state index contributed by atoms with van der Waals surface area (Å²) in [6, 6.07) is 18.2. The lowest BCUT2D eigenvalue weighted by Gasteiger charge is -2.10. The van der Waals surface area contributed by atoms with E-state index in [0.29, 0.717) is 34.1 Å². The molecule has 0 aliphatic carbocycles. The van der Waals surface area contributed by atoms with E-state index in [0.717, 1.165) is 11.1 Å². The minimum Gasteiger partial charge on any atom is -0.462 e. The quantitative estimate of drug-likeness (QED) is 0.269. The lowest BCUT2D eigenvalue weighted by molar-refractivity contribution is 0.0526. The molecule has 0 aliphatic rings. The largest absolute Gasteiger partial charge is 0.462 e. The van der Waals surface area contributed by atoms with Crippen molar-refractivity contribution in [3.8, 4) is 0 Å². The number of halogens is 2. The second kappa shape index (κ2) is 9.31. The number of rotatable bonds is 7. The number of carbonyl (C=O) groups excluding carboxylic acids is 1. The maximum absolute atomic E-state index is 14.1. The van der Waals surface area contributed by atoms with Crippen molar-refractivity contribution in [2.45, 2.75) is 24.4 Å². The molecule has 0 amide bonds. The summed E-state index contributed by atoms with van der Waals surface area (Å²) in [6.45, 7) is 2.43. The average Bonchev–Trinajstić information content (AvgIpc) is 3.10. The van der Waals surface area contributed by atoms with Gasteiger partial charge in [0.15, 0.2) is 5.16 Å². The van der Waals surface area contributed by atoms with Crippen molar-refractivity contribution in [3.63, 3.8) is 0 Å². The topological polar surface area (TPSA) is 44.1 Å². The first kappa shape index (κ1) is 21.1. The molecule has 4 aromatic rings. The summed E-state index contributed by atoms with van der Waals surface area (Å²) in [5, 5.41) is 0.656. The highest BCUT2D eigenvalue weighted by Crippen LogP contribution is 2.29. The van der Waals surface area contributed by atoms with E-state index >= 15 is 0 Å². The summed E-state index contributed by atoms with van der Waals surface area (Å²) >= 11 is 1.39. The fraction of sp³-hybridized carbons (Fsp3) is 0.167. The molecule has 4 nitrogen and oxygen atoms in total. The number of hydrogen-bond donors (Lipinski definition) is 0. The third kappa shape index (κ3) is 4.77. The SMILES string of the molecule is CCOC(=O)c1ccc2c(c1)nc(SCc1ccccc1F)n2Cc1cccc(F)c1. The number of aromatic nitrogens is 2. The predicted molar refractivity (Wildman–Crippen MR) is 117 cm³/mol. The molecule has 3 aromatic carbocycles. The van der Waals surface area contributed by atoms with E-state index < -0.39 is 5.97 Å². The molecule has 7 heteroatoms. The Labute approximate surface area is 182 Å². The van der Waals surface area contributed by atoms with Gasteiger partial charge in [-0.3, -0.25) is 0 Å². The summed E-state index contributed by atoms with van der Waals surface area (Å²) in [5.74, 6) is -0.603. The van der Waals surface area contributed by atoms with Crippen molar-refractivity contribution in [1.29, 1.82) is 0 Å². The van der Waals surface area contributed by atoms with E-state index in [1.54, 1.807) is 49.4 Å². The van der Waals surface area contributed by atoms with Crippen LogP contribution < -0.4 is 0 Å².